The predicted octanol–water partition coefficient (Wildman–Crippen LogP) is 3.55. The fraction of sp³-hybridized carbons (Fsp3) is 0.444. The first-order chi connectivity index (χ1) is 17.0. The molecule has 0 aromatic heterocycles. The van der Waals surface area contributed by atoms with Crippen LogP contribution in [0.25, 0.3) is 11.1 Å². The van der Waals surface area contributed by atoms with Crippen molar-refractivity contribution < 1.29 is 29.0 Å². The van der Waals surface area contributed by atoms with Gasteiger partial charge in [0.05, 0.1) is 19.6 Å². The maximum absolute atomic E-state index is 12.3. The van der Waals surface area contributed by atoms with Gasteiger partial charge in [0, 0.05) is 25.4 Å². The SMILES string of the molecule is O=C(O)CCOCCNC(=O)CC1CC(CNC(=O)OCC2c3ccccc3-c3ccccc32)C1. The Morgan fingerprint density at radius 1 is 0.886 bits per heavy atom. The largest absolute Gasteiger partial charge is 0.481 e. The van der Waals surface area contributed by atoms with E-state index in [9.17, 15) is 14.4 Å². The molecule has 2 aliphatic rings. The van der Waals surface area contributed by atoms with Gasteiger partial charge in [0.25, 0.3) is 0 Å². The van der Waals surface area contributed by atoms with Crippen LogP contribution < -0.4 is 10.6 Å². The van der Waals surface area contributed by atoms with E-state index in [1.807, 2.05) is 24.3 Å². The molecule has 8 heteroatoms. The highest BCUT2D eigenvalue weighted by molar-refractivity contribution is 5.79. The van der Waals surface area contributed by atoms with Gasteiger partial charge in [-0.15, -0.1) is 0 Å². The normalized spacial score (nSPS) is 18.2. The third-order valence-electron chi connectivity index (χ3n) is 6.71. The van der Waals surface area contributed by atoms with E-state index in [-0.39, 0.29) is 24.9 Å². The standard InChI is InChI=1S/C27H32N2O6/c30-25(28-10-12-34-11-9-26(31)32)15-18-13-19(14-18)16-29-27(33)35-17-24-22-7-3-1-5-20(22)21-6-2-4-8-23(21)24/h1-8,18-19,24H,9-17H2,(H,28,30)(H,29,33)(H,31,32). The van der Waals surface area contributed by atoms with E-state index in [1.165, 1.54) is 22.3 Å². The molecular formula is C27H32N2O6. The molecule has 0 atom stereocenters. The summed E-state index contributed by atoms with van der Waals surface area (Å²) in [7, 11) is 0. The minimum atomic E-state index is -0.901. The summed E-state index contributed by atoms with van der Waals surface area (Å²) in [6, 6.07) is 16.5. The Morgan fingerprint density at radius 2 is 1.54 bits per heavy atom. The van der Waals surface area contributed by atoms with Crippen LogP contribution in [0.1, 0.15) is 42.7 Å². The second kappa shape index (κ2) is 11.8. The summed E-state index contributed by atoms with van der Waals surface area (Å²) in [5.74, 6) is -0.214. The first kappa shape index (κ1) is 24.7. The average Bonchev–Trinajstić information content (AvgIpc) is 3.15. The smallest absolute Gasteiger partial charge is 0.407 e. The van der Waals surface area contributed by atoms with Gasteiger partial charge in [0.1, 0.15) is 6.61 Å². The quantitative estimate of drug-likeness (QED) is 0.401. The second-order valence-electron chi connectivity index (χ2n) is 9.22. The molecule has 2 amide bonds. The number of aliphatic carboxylic acids is 1. The molecule has 0 heterocycles. The summed E-state index contributed by atoms with van der Waals surface area (Å²) in [6.45, 7) is 1.67. The summed E-state index contributed by atoms with van der Waals surface area (Å²) < 4.78 is 10.7. The molecule has 4 rings (SSSR count). The molecule has 0 radical (unpaired) electrons. The van der Waals surface area contributed by atoms with Crippen molar-refractivity contribution in [1.29, 1.82) is 0 Å². The number of carboxylic acids is 1. The highest BCUT2D eigenvalue weighted by Crippen LogP contribution is 2.44. The molecule has 8 nitrogen and oxygen atoms in total. The molecule has 3 N–H and O–H groups in total. The van der Waals surface area contributed by atoms with Crippen molar-refractivity contribution in [3.63, 3.8) is 0 Å². The van der Waals surface area contributed by atoms with Crippen molar-refractivity contribution in [2.24, 2.45) is 11.8 Å². The maximum Gasteiger partial charge on any atom is 0.407 e. The first-order valence-electron chi connectivity index (χ1n) is 12.2. The number of carbonyl (C=O) groups is 3. The topological polar surface area (TPSA) is 114 Å². The lowest BCUT2D eigenvalue weighted by atomic mass is 9.73. The summed E-state index contributed by atoms with van der Waals surface area (Å²) >= 11 is 0. The Bertz CT molecular complexity index is 1000. The lowest BCUT2D eigenvalue weighted by Gasteiger charge is -2.35. The van der Waals surface area contributed by atoms with Crippen LogP contribution >= 0.6 is 0 Å². The molecule has 2 aliphatic carbocycles. The molecule has 2 aromatic rings. The van der Waals surface area contributed by atoms with Crippen molar-refractivity contribution in [3.8, 4) is 11.1 Å². The minimum absolute atomic E-state index is 0.0280. The predicted molar refractivity (Wildman–Crippen MR) is 130 cm³/mol. The number of alkyl carbamates (subject to hydrolysis) is 1. The summed E-state index contributed by atoms with van der Waals surface area (Å²) in [5, 5.41) is 14.2. The molecule has 0 bridgehead atoms. The van der Waals surface area contributed by atoms with E-state index in [4.69, 9.17) is 14.6 Å². The van der Waals surface area contributed by atoms with Crippen LogP contribution in [0.2, 0.25) is 0 Å². The second-order valence-corrected chi connectivity index (χ2v) is 9.22. The maximum atomic E-state index is 12.3. The number of amides is 2. The number of nitrogens with one attached hydrogen (secondary N) is 2. The lowest BCUT2D eigenvalue weighted by molar-refractivity contribution is -0.138. The van der Waals surface area contributed by atoms with Crippen LogP contribution in [0.15, 0.2) is 48.5 Å². The fourth-order valence-electron chi connectivity index (χ4n) is 4.94. The molecule has 0 spiro atoms. The van der Waals surface area contributed by atoms with E-state index in [0.29, 0.717) is 44.6 Å². The Hall–Kier alpha value is -3.39. The first-order valence-corrected chi connectivity index (χ1v) is 12.2. The summed E-state index contributed by atoms with van der Waals surface area (Å²) in [5.41, 5.74) is 4.78. The van der Waals surface area contributed by atoms with Gasteiger partial charge in [-0.05, 0) is 46.9 Å². The van der Waals surface area contributed by atoms with E-state index in [2.05, 4.69) is 34.9 Å². The Labute approximate surface area is 205 Å². The molecule has 0 unspecified atom stereocenters. The Kier molecular flexibility index (Phi) is 8.36. The molecule has 2 aromatic carbocycles. The minimum Gasteiger partial charge on any atom is -0.481 e. The van der Waals surface area contributed by atoms with E-state index < -0.39 is 12.1 Å². The van der Waals surface area contributed by atoms with Crippen LogP contribution in [-0.2, 0) is 19.1 Å². The van der Waals surface area contributed by atoms with Crippen LogP contribution in [0.5, 0.6) is 0 Å². The van der Waals surface area contributed by atoms with Crippen molar-refractivity contribution >= 4 is 18.0 Å². The van der Waals surface area contributed by atoms with Crippen molar-refractivity contribution in [1.82, 2.24) is 10.6 Å². The number of benzene rings is 2. The molecule has 0 aliphatic heterocycles. The van der Waals surface area contributed by atoms with Crippen molar-refractivity contribution in [2.45, 2.75) is 31.6 Å². The Balaban J connectivity index is 1.09. The third-order valence-corrected chi connectivity index (χ3v) is 6.71. The van der Waals surface area contributed by atoms with Crippen molar-refractivity contribution in [2.75, 3.05) is 32.9 Å². The summed E-state index contributed by atoms with van der Waals surface area (Å²) in [4.78, 5) is 34.7. The molecule has 1 saturated carbocycles. The van der Waals surface area contributed by atoms with Gasteiger partial charge < -0.3 is 25.2 Å². The van der Waals surface area contributed by atoms with Crippen LogP contribution in [0.4, 0.5) is 4.79 Å². The van der Waals surface area contributed by atoms with Gasteiger partial charge in [-0.1, -0.05) is 48.5 Å². The molecule has 35 heavy (non-hydrogen) atoms. The number of ether oxygens (including phenoxy) is 2. The van der Waals surface area contributed by atoms with Gasteiger partial charge in [-0.2, -0.15) is 0 Å². The van der Waals surface area contributed by atoms with Gasteiger partial charge in [-0.3, -0.25) is 9.59 Å². The van der Waals surface area contributed by atoms with E-state index in [1.54, 1.807) is 0 Å². The Morgan fingerprint density at radius 3 is 2.20 bits per heavy atom. The number of hydrogen-bond donors (Lipinski definition) is 3. The highest BCUT2D eigenvalue weighted by atomic mass is 16.5. The van der Waals surface area contributed by atoms with Gasteiger partial charge in [0.2, 0.25) is 5.91 Å². The molecule has 0 saturated heterocycles. The third kappa shape index (κ3) is 6.60. The molecule has 1 fully saturated rings. The zero-order valence-electron chi connectivity index (χ0n) is 19.7. The van der Waals surface area contributed by atoms with Crippen LogP contribution in [0.3, 0.4) is 0 Å². The van der Waals surface area contributed by atoms with E-state index >= 15 is 0 Å². The zero-order chi connectivity index (χ0) is 24.6. The lowest BCUT2D eigenvalue weighted by Crippen LogP contribution is -2.39. The van der Waals surface area contributed by atoms with E-state index in [0.717, 1.165) is 12.8 Å². The van der Waals surface area contributed by atoms with Gasteiger partial charge >= 0.3 is 12.1 Å². The number of rotatable bonds is 12. The highest BCUT2D eigenvalue weighted by Gasteiger charge is 2.32. The fourth-order valence-corrected chi connectivity index (χ4v) is 4.94. The van der Waals surface area contributed by atoms with Crippen molar-refractivity contribution in [3.05, 3.63) is 59.7 Å². The van der Waals surface area contributed by atoms with Gasteiger partial charge in [-0.25, -0.2) is 4.79 Å². The molecular weight excluding hydrogens is 448 g/mol. The number of hydrogen-bond acceptors (Lipinski definition) is 5. The summed E-state index contributed by atoms with van der Waals surface area (Å²) in [6.07, 6.45) is 1.80. The average molecular weight is 481 g/mol. The molecule has 186 valence electrons. The number of carboxylic acid groups (broad SMARTS) is 1. The number of carbonyl (C=O) groups excluding carboxylic acids is 2. The van der Waals surface area contributed by atoms with Crippen LogP contribution in [-0.4, -0.2) is 56.0 Å². The number of fused-ring (bicyclic) bond motifs is 3. The zero-order valence-corrected chi connectivity index (χ0v) is 19.7. The van der Waals surface area contributed by atoms with Crippen LogP contribution in [0, 0.1) is 11.8 Å². The van der Waals surface area contributed by atoms with Gasteiger partial charge in [0.15, 0.2) is 0 Å². The monoisotopic (exact) mass is 480 g/mol.